The van der Waals surface area contributed by atoms with Crippen molar-refractivity contribution in [1.29, 1.82) is 0 Å². The van der Waals surface area contributed by atoms with Crippen LogP contribution >= 0.6 is 0 Å². The molecule has 0 aliphatic heterocycles. The predicted molar refractivity (Wildman–Crippen MR) is 62.7 cm³/mol. The van der Waals surface area contributed by atoms with E-state index in [0.29, 0.717) is 0 Å². The van der Waals surface area contributed by atoms with Gasteiger partial charge in [-0.1, -0.05) is 43.7 Å². The number of aryl methyl sites for hydroxylation is 1. The zero-order valence-corrected chi connectivity index (χ0v) is 9.88. The second-order valence-corrected chi connectivity index (χ2v) is 5.74. The lowest BCUT2D eigenvalue weighted by Crippen LogP contribution is -2.23. The molecule has 1 nitrogen and oxygen atoms in total. The van der Waals surface area contributed by atoms with Gasteiger partial charge >= 0.3 is 0 Å². The van der Waals surface area contributed by atoms with E-state index in [0.717, 1.165) is 24.8 Å². The van der Waals surface area contributed by atoms with Crippen molar-refractivity contribution in [2.75, 3.05) is 0 Å². The third-order valence-corrected chi connectivity index (χ3v) is 3.58. The molecular formula is C14H20O. The lowest BCUT2D eigenvalue weighted by atomic mass is 9.86. The van der Waals surface area contributed by atoms with E-state index < -0.39 is 5.60 Å². The number of rotatable bonds is 1. The molecule has 1 atom stereocenters. The van der Waals surface area contributed by atoms with Crippen LogP contribution in [0.25, 0.3) is 0 Å². The summed E-state index contributed by atoms with van der Waals surface area (Å²) in [6, 6.07) is 8.30. The summed E-state index contributed by atoms with van der Waals surface area (Å²) in [5.74, 6) is 0. The molecule has 1 N–H and O–H groups in total. The van der Waals surface area contributed by atoms with Gasteiger partial charge in [-0.05, 0) is 37.2 Å². The van der Waals surface area contributed by atoms with Crippen LogP contribution in [-0.2, 0) is 5.60 Å². The molecule has 1 aliphatic carbocycles. The highest BCUT2D eigenvalue weighted by molar-refractivity contribution is 5.27. The van der Waals surface area contributed by atoms with Crippen molar-refractivity contribution in [3.8, 4) is 0 Å². The van der Waals surface area contributed by atoms with Crippen LogP contribution in [0, 0.1) is 12.3 Å². The van der Waals surface area contributed by atoms with Crippen LogP contribution in [0.1, 0.15) is 44.2 Å². The molecule has 0 unspecified atom stereocenters. The molecule has 1 saturated carbocycles. The highest BCUT2D eigenvalue weighted by Crippen LogP contribution is 2.48. The van der Waals surface area contributed by atoms with Crippen molar-refractivity contribution in [1.82, 2.24) is 0 Å². The fourth-order valence-corrected chi connectivity index (χ4v) is 2.62. The largest absolute Gasteiger partial charge is 0.385 e. The van der Waals surface area contributed by atoms with Gasteiger partial charge in [-0.3, -0.25) is 0 Å². The summed E-state index contributed by atoms with van der Waals surface area (Å²) in [6.07, 6.45) is 2.88. The molecular weight excluding hydrogens is 184 g/mol. The van der Waals surface area contributed by atoms with Gasteiger partial charge in [0.15, 0.2) is 0 Å². The standard InChI is InChI=1S/C14H20O/c1-11-4-6-12(7-5-11)14(15)9-8-13(2,3)10-14/h4-7,15H,8-10H2,1-3H3/t14-/m1/s1. The van der Waals surface area contributed by atoms with E-state index in [9.17, 15) is 5.11 Å². The third kappa shape index (κ3) is 2.07. The number of hydrogen-bond acceptors (Lipinski definition) is 1. The molecule has 1 aromatic carbocycles. The first kappa shape index (κ1) is 10.7. The van der Waals surface area contributed by atoms with E-state index in [2.05, 4.69) is 45.0 Å². The minimum atomic E-state index is -0.586. The Morgan fingerprint density at radius 2 is 1.67 bits per heavy atom. The summed E-state index contributed by atoms with van der Waals surface area (Å²) in [7, 11) is 0. The maximum absolute atomic E-state index is 10.6. The average molecular weight is 204 g/mol. The zero-order valence-electron chi connectivity index (χ0n) is 9.88. The van der Waals surface area contributed by atoms with Crippen molar-refractivity contribution >= 4 is 0 Å². The summed E-state index contributed by atoms with van der Waals surface area (Å²) in [4.78, 5) is 0. The summed E-state index contributed by atoms with van der Waals surface area (Å²) >= 11 is 0. The Labute approximate surface area is 92.1 Å². The lowest BCUT2D eigenvalue weighted by molar-refractivity contribution is 0.0338. The van der Waals surface area contributed by atoms with Gasteiger partial charge < -0.3 is 5.11 Å². The molecule has 1 aromatic rings. The second-order valence-electron chi connectivity index (χ2n) is 5.74. The van der Waals surface area contributed by atoms with Gasteiger partial charge in [0.1, 0.15) is 0 Å². The van der Waals surface area contributed by atoms with Crippen LogP contribution in [0.4, 0.5) is 0 Å². The van der Waals surface area contributed by atoms with Gasteiger partial charge in [0.25, 0.3) is 0 Å². The highest BCUT2D eigenvalue weighted by atomic mass is 16.3. The summed E-state index contributed by atoms with van der Waals surface area (Å²) in [6.45, 7) is 6.55. The van der Waals surface area contributed by atoms with Gasteiger partial charge in [-0.2, -0.15) is 0 Å². The summed E-state index contributed by atoms with van der Waals surface area (Å²) in [5, 5.41) is 10.6. The van der Waals surface area contributed by atoms with Crippen LogP contribution in [0.5, 0.6) is 0 Å². The van der Waals surface area contributed by atoms with Gasteiger partial charge in [0, 0.05) is 0 Å². The van der Waals surface area contributed by atoms with Crippen LogP contribution in [-0.4, -0.2) is 5.11 Å². The summed E-state index contributed by atoms with van der Waals surface area (Å²) in [5.41, 5.74) is 2.02. The molecule has 15 heavy (non-hydrogen) atoms. The molecule has 0 aromatic heterocycles. The van der Waals surface area contributed by atoms with Crippen molar-refractivity contribution in [3.63, 3.8) is 0 Å². The van der Waals surface area contributed by atoms with Crippen molar-refractivity contribution in [2.45, 2.75) is 45.6 Å². The normalized spacial score (nSPS) is 29.3. The van der Waals surface area contributed by atoms with Crippen molar-refractivity contribution < 1.29 is 5.11 Å². The Morgan fingerprint density at radius 3 is 2.13 bits per heavy atom. The molecule has 1 heteroatoms. The molecule has 2 rings (SSSR count). The Morgan fingerprint density at radius 1 is 1.07 bits per heavy atom. The molecule has 82 valence electrons. The maximum atomic E-state index is 10.6. The van der Waals surface area contributed by atoms with Crippen LogP contribution in [0.3, 0.4) is 0 Å². The molecule has 1 fully saturated rings. The number of hydrogen-bond donors (Lipinski definition) is 1. The Balaban J connectivity index is 2.27. The van der Waals surface area contributed by atoms with Crippen molar-refractivity contribution in [3.05, 3.63) is 35.4 Å². The first-order chi connectivity index (χ1) is 6.91. The van der Waals surface area contributed by atoms with E-state index in [1.165, 1.54) is 5.56 Å². The first-order valence-corrected chi connectivity index (χ1v) is 5.71. The molecule has 0 spiro atoms. The fourth-order valence-electron chi connectivity index (χ4n) is 2.62. The van der Waals surface area contributed by atoms with E-state index >= 15 is 0 Å². The molecule has 0 amide bonds. The zero-order chi connectivity index (χ0) is 11.1. The fraction of sp³-hybridized carbons (Fsp3) is 0.571. The number of benzene rings is 1. The Kier molecular flexibility index (Phi) is 2.38. The van der Waals surface area contributed by atoms with Crippen LogP contribution in [0.15, 0.2) is 24.3 Å². The highest BCUT2D eigenvalue weighted by Gasteiger charge is 2.42. The average Bonchev–Trinajstić information content (AvgIpc) is 2.43. The molecule has 0 radical (unpaired) electrons. The molecule has 0 bridgehead atoms. The van der Waals surface area contributed by atoms with E-state index in [-0.39, 0.29) is 5.41 Å². The maximum Gasteiger partial charge on any atom is 0.0901 e. The molecule has 0 saturated heterocycles. The van der Waals surface area contributed by atoms with Gasteiger partial charge in [0.2, 0.25) is 0 Å². The Bertz CT molecular complexity index is 350. The minimum Gasteiger partial charge on any atom is -0.385 e. The van der Waals surface area contributed by atoms with Crippen LogP contribution in [0.2, 0.25) is 0 Å². The van der Waals surface area contributed by atoms with Crippen LogP contribution < -0.4 is 0 Å². The van der Waals surface area contributed by atoms with E-state index in [1.54, 1.807) is 0 Å². The monoisotopic (exact) mass is 204 g/mol. The van der Waals surface area contributed by atoms with Gasteiger partial charge in [0.05, 0.1) is 5.60 Å². The predicted octanol–water partition coefficient (Wildman–Crippen LogP) is 3.39. The summed E-state index contributed by atoms with van der Waals surface area (Å²) < 4.78 is 0. The van der Waals surface area contributed by atoms with E-state index in [4.69, 9.17) is 0 Å². The SMILES string of the molecule is Cc1ccc([C@@]2(O)CCC(C)(C)C2)cc1. The van der Waals surface area contributed by atoms with E-state index in [1.807, 2.05) is 0 Å². The molecule has 0 heterocycles. The minimum absolute atomic E-state index is 0.277. The first-order valence-electron chi connectivity index (χ1n) is 5.71. The Hall–Kier alpha value is -0.820. The quantitative estimate of drug-likeness (QED) is 0.743. The van der Waals surface area contributed by atoms with Gasteiger partial charge in [-0.15, -0.1) is 0 Å². The second kappa shape index (κ2) is 3.34. The number of aliphatic hydroxyl groups is 1. The molecule has 1 aliphatic rings. The van der Waals surface area contributed by atoms with Crippen molar-refractivity contribution in [2.24, 2.45) is 5.41 Å². The lowest BCUT2D eigenvalue weighted by Gasteiger charge is -2.25. The smallest absolute Gasteiger partial charge is 0.0901 e. The topological polar surface area (TPSA) is 20.2 Å². The third-order valence-electron chi connectivity index (χ3n) is 3.58. The van der Waals surface area contributed by atoms with Gasteiger partial charge in [-0.25, -0.2) is 0 Å².